The molecule has 0 radical (unpaired) electrons. The quantitative estimate of drug-likeness (QED) is 0.577. The summed E-state index contributed by atoms with van der Waals surface area (Å²) in [5.74, 6) is -0.409. The first-order chi connectivity index (χ1) is 12.7. The molecule has 1 N–H and O–H groups in total. The maximum Gasteiger partial charge on any atom is 0.338 e. The molecule has 6 heteroatoms. The Kier molecular flexibility index (Phi) is 4.07. The highest BCUT2D eigenvalue weighted by atomic mass is 16.5. The Bertz CT molecular complexity index is 1110. The summed E-state index contributed by atoms with van der Waals surface area (Å²) in [6.45, 7) is 0.217. The van der Waals surface area contributed by atoms with E-state index < -0.39 is 5.97 Å². The van der Waals surface area contributed by atoms with Crippen molar-refractivity contribution in [3.05, 3.63) is 94.5 Å². The van der Waals surface area contributed by atoms with E-state index in [9.17, 15) is 9.59 Å². The van der Waals surface area contributed by atoms with Crippen molar-refractivity contribution in [3.63, 3.8) is 0 Å². The van der Waals surface area contributed by atoms with Crippen LogP contribution in [0.3, 0.4) is 0 Å². The van der Waals surface area contributed by atoms with Gasteiger partial charge in [0.05, 0.1) is 16.8 Å². The smallest absolute Gasteiger partial charge is 0.338 e. The first-order valence-electron chi connectivity index (χ1n) is 8.09. The number of carbonyl (C=O) groups excluding carboxylic acids is 1. The van der Waals surface area contributed by atoms with Crippen molar-refractivity contribution in [1.82, 2.24) is 14.5 Å². The lowest BCUT2D eigenvalue weighted by Gasteiger charge is -2.07. The van der Waals surface area contributed by atoms with E-state index in [1.165, 1.54) is 4.57 Å². The fourth-order valence-electron chi connectivity index (χ4n) is 2.75. The molecule has 0 amide bonds. The fourth-order valence-corrected chi connectivity index (χ4v) is 2.75. The number of pyridine rings is 1. The first-order valence-corrected chi connectivity index (χ1v) is 8.09. The fraction of sp³-hybridized carbons (Fsp3) is 0.0500. The molecule has 2 aromatic heterocycles. The second-order valence-electron chi connectivity index (χ2n) is 5.75. The summed E-state index contributed by atoms with van der Waals surface area (Å²) in [4.78, 5) is 31.2. The summed E-state index contributed by atoms with van der Waals surface area (Å²) in [5, 5.41) is 0. The summed E-state index contributed by atoms with van der Waals surface area (Å²) in [5.41, 5.74) is 2.92. The highest BCUT2D eigenvalue weighted by Gasteiger charge is 2.11. The zero-order chi connectivity index (χ0) is 17.9. The molecule has 4 aromatic rings. The molecule has 0 spiro atoms. The summed E-state index contributed by atoms with van der Waals surface area (Å²) >= 11 is 0. The minimum absolute atomic E-state index is 0.217. The maximum absolute atomic E-state index is 12.2. The van der Waals surface area contributed by atoms with Crippen molar-refractivity contribution in [1.29, 1.82) is 0 Å². The van der Waals surface area contributed by atoms with Gasteiger partial charge >= 0.3 is 11.7 Å². The van der Waals surface area contributed by atoms with Gasteiger partial charge in [0.25, 0.3) is 0 Å². The molecule has 0 unspecified atom stereocenters. The van der Waals surface area contributed by atoms with Crippen molar-refractivity contribution in [3.8, 4) is 5.69 Å². The predicted octanol–water partition coefficient (Wildman–Crippen LogP) is 3.07. The zero-order valence-corrected chi connectivity index (χ0v) is 13.8. The highest BCUT2D eigenvalue weighted by molar-refractivity contribution is 5.89. The van der Waals surface area contributed by atoms with E-state index in [1.807, 2.05) is 36.4 Å². The van der Waals surface area contributed by atoms with Crippen LogP contribution in [0.1, 0.15) is 15.9 Å². The van der Waals surface area contributed by atoms with E-state index in [2.05, 4.69) is 9.97 Å². The lowest BCUT2D eigenvalue weighted by molar-refractivity contribution is 0.0472. The molecule has 0 fully saturated rings. The number of hydrogen-bond acceptors (Lipinski definition) is 4. The number of ether oxygens (including phenoxy) is 1. The van der Waals surface area contributed by atoms with Gasteiger partial charge in [-0.15, -0.1) is 0 Å². The molecule has 2 aromatic carbocycles. The SMILES string of the molecule is O=C(OCc1ccccc1)c1ccc(-n2c(=O)[nH]c3ncccc32)cc1. The van der Waals surface area contributed by atoms with E-state index in [4.69, 9.17) is 4.74 Å². The molecule has 128 valence electrons. The maximum atomic E-state index is 12.2. The normalized spacial score (nSPS) is 10.8. The number of nitrogens with one attached hydrogen (secondary N) is 1. The van der Waals surface area contributed by atoms with Gasteiger partial charge in [0.15, 0.2) is 5.65 Å². The van der Waals surface area contributed by atoms with Crippen molar-refractivity contribution in [2.75, 3.05) is 0 Å². The van der Waals surface area contributed by atoms with Crippen LogP contribution in [-0.4, -0.2) is 20.5 Å². The first kappa shape index (κ1) is 15.8. The van der Waals surface area contributed by atoms with E-state index in [0.29, 0.717) is 22.4 Å². The van der Waals surface area contributed by atoms with Crippen molar-refractivity contribution in [2.45, 2.75) is 6.61 Å². The van der Waals surface area contributed by atoms with Crippen molar-refractivity contribution < 1.29 is 9.53 Å². The van der Waals surface area contributed by atoms with Crippen LogP contribution in [0.2, 0.25) is 0 Å². The third-order valence-electron chi connectivity index (χ3n) is 4.03. The number of hydrogen-bond donors (Lipinski definition) is 1. The number of nitrogens with zero attached hydrogens (tertiary/aromatic N) is 2. The summed E-state index contributed by atoms with van der Waals surface area (Å²) in [6, 6.07) is 19.8. The van der Waals surface area contributed by atoms with Gasteiger partial charge in [-0.25, -0.2) is 14.6 Å². The topological polar surface area (TPSA) is 77.0 Å². The number of aromatic nitrogens is 3. The molecule has 0 saturated heterocycles. The number of H-pyrrole nitrogens is 1. The number of benzene rings is 2. The molecule has 4 rings (SSSR count). The molecule has 0 aliphatic rings. The Morgan fingerprint density at radius 3 is 2.54 bits per heavy atom. The van der Waals surface area contributed by atoms with Crippen molar-refractivity contribution in [2.24, 2.45) is 0 Å². The van der Waals surface area contributed by atoms with Crippen LogP contribution in [0.5, 0.6) is 0 Å². The molecule has 2 heterocycles. The highest BCUT2D eigenvalue weighted by Crippen LogP contribution is 2.15. The minimum Gasteiger partial charge on any atom is -0.457 e. The number of aromatic amines is 1. The van der Waals surface area contributed by atoms with Crippen LogP contribution < -0.4 is 5.69 Å². The predicted molar refractivity (Wildman–Crippen MR) is 97.3 cm³/mol. The number of rotatable bonds is 4. The molecule has 26 heavy (non-hydrogen) atoms. The second-order valence-corrected chi connectivity index (χ2v) is 5.75. The standard InChI is InChI=1S/C20H15N3O3/c24-19(26-13-14-5-2-1-3-6-14)15-8-10-16(11-9-15)23-17-7-4-12-21-18(17)22-20(23)25/h1-12H,13H2,(H,21,22,25). The number of imidazole rings is 1. The lowest BCUT2D eigenvalue weighted by Crippen LogP contribution is -2.14. The third-order valence-corrected chi connectivity index (χ3v) is 4.03. The van der Waals surface area contributed by atoms with E-state index in [-0.39, 0.29) is 12.3 Å². The van der Waals surface area contributed by atoms with Gasteiger partial charge in [0.2, 0.25) is 0 Å². The molecule has 0 saturated carbocycles. The van der Waals surface area contributed by atoms with Gasteiger partial charge in [0.1, 0.15) is 6.61 Å². The Hall–Kier alpha value is -3.67. The minimum atomic E-state index is -0.409. The number of fused-ring (bicyclic) bond motifs is 1. The van der Waals surface area contributed by atoms with Crippen LogP contribution in [-0.2, 0) is 11.3 Å². The van der Waals surface area contributed by atoms with Gasteiger partial charge in [-0.2, -0.15) is 0 Å². The molecule has 0 atom stereocenters. The molecule has 0 aliphatic heterocycles. The van der Waals surface area contributed by atoms with Crippen LogP contribution in [0.15, 0.2) is 77.7 Å². The Balaban J connectivity index is 1.56. The number of esters is 1. The Morgan fingerprint density at radius 1 is 1.00 bits per heavy atom. The van der Waals surface area contributed by atoms with Gasteiger partial charge < -0.3 is 4.74 Å². The largest absolute Gasteiger partial charge is 0.457 e. The summed E-state index contributed by atoms with van der Waals surface area (Å²) in [6.07, 6.45) is 1.62. The third kappa shape index (κ3) is 3.00. The number of carbonyl (C=O) groups is 1. The van der Waals surface area contributed by atoms with Crippen LogP contribution in [0.4, 0.5) is 0 Å². The Labute approximate surface area is 148 Å². The van der Waals surface area contributed by atoms with Crippen LogP contribution in [0, 0.1) is 0 Å². The summed E-state index contributed by atoms with van der Waals surface area (Å²) < 4.78 is 6.83. The molecule has 0 bridgehead atoms. The van der Waals surface area contributed by atoms with Gasteiger partial charge in [-0.3, -0.25) is 9.55 Å². The molecule has 0 aliphatic carbocycles. The van der Waals surface area contributed by atoms with Crippen LogP contribution >= 0.6 is 0 Å². The van der Waals surface area contributed by atoms with Gasteiger partial charge in [-0.1, -0.05) is 30.3 Å². The van der Waals surface area contributed by atoms with Crippen molar-refractivity contribution >= 4 is 17.1 Å². The monoisotopic (exact) mass is 345 g/mol. The molecular weight excluding hydrogens is 330 g/mol. The van der Waals surface area contributed by atoms with E-state index >= 15 is 0 Å². The van der Waals surface area contributed by atoms with E-state index in [0.717, 1.165) is 5.56 Å². The summed E-state index contributed by atoms with van der Waals surface area (Å²) in [7, 11) is 0. The Morgan fingerprint density at radius 2 is 1.77 bits per heavy atom. The van der Waals surface area contributed by atoms with Crippen LogP contribution in [0.25, 0.3) is 16.9 Å². The average Bonchev–Trinajstić information content (AvgIpc) is 3.03. The second kappa shape index (κ2) is 6.68. The van der Waals surface area contributed by atoms with Gasteiger partial charge in [0, 0.05) is 6.20 Å². The lowest BCUT2D eigenvalue weighted by atomic mass is 10.2. The average molecular weight is 345 g/mol. The molecular formula is C20H15N3O3. The van der Waals surface area contributed by atoms with Gasteiger partial charge in [-0.05, 0) is 42.0 Å². The van der Waals surface area contributed by atoms with E-state index in [1.54, 1.807) is 36.5 Å². The zero-order valence-electron chi connectivity index (χ0n) is 13.8. The molecule has 6 nitrogen and oxygen atoms in total.